The van der Waals surface area contributed by atoms with E-state index in [1.54, 1.807) is 12.1 Å². The molecule has 0 aromatic heterocycles. The van der Waals surface area contributed by atoms with E-state index < -0.39 is 0 Å². The second kappa shape index (κ2) is 3.25. The number of hydrogen-bond acceptors (Lipinski definition) is 3. The summed E-state index contributed by atoms with van der Waals surface area (Å²) in [5.74, 6) is 0.143. The van der Waals surface area contributed by atoms with E-state index in [1.807, 2.05) is 13.1 Å². The van der Waals surface area contributed by atoms with E-state index in [4.69, 9.17) is 10.8 Å². The summed E-state index contributed by atoms with van der Waals surface area (Å²) in [6, 6.07) is 5.19. The van der Waals surface area contributed by atoms with E-state index in [1.165, 1.54) is 0 Å². The van der Waals surface area contributed by atoms with Gasteiger partial charge in [0.2, 0.25) is 0 Å². The molecule has 0 radical (unpaired) electrons. The first-order chi connectivity index (χ1) is 5.24. The number of nitrogen functional groups attached to an aromatic ring is 1. The smallest absolute Gasteiger partial charge is 0.138 e. The summed E-state index contributed by atoms with van der Waals surface area (Å²) in [4.78, 5) is 0. The van der Waals surface area contributed by atoms with Crippen LogP contribution >= 0.6 is 0 Å². The summed E-state index contributed by atoms with van der Waals surface area (Å²) in [5.41, 5.74) is 6.97. The molecule has 0 bridgehead atoms. The molecule has 3 nitrogen and oxygen atoms in total. The van der Waals surface area contributed by atoms with Crippen LogP contribution in [0.3, 0.4) is 0 Å². The molecule has 4 N–H and O–H groups in total. The van der Waals surface area contributed by atoms with Crippen LogP contribution in [-0.2, 0) is 6.54 Å². The van der Waals surface area contributed by atoms with Crippen LogP contribution < -0.4 is 11.1 Å². The summed E-state index contributed by atoms with van der Waals surface area (Å²) in [5, 5.41) is 12.1. The normalized spacial score (nSPS) is 9.91. The van der Waals surface area contributed by atoms with E-state index in [2.05, 4.69) is 5.32 Å². The molecule has 0 aliphatic heterocycles. The predicted molar refractivity (Wildman–Crippen MR) is 45.3 cm³/mol. The number of hydrogen-bond donors (Lipinski definition) is 3. The zero-order chi connectivity index (χ0) is 8.27. The Balaban J connectivity index is 2.86. The number of rotatable bonds is 2. The lowest BCUT2D eigenvalue weighted by atomic mass is 10.2. The van der Waals surface area contributed by atoms with Crippen molar-refractivity contribution in [1.82, 2.24) is 5.32 Å². The maximum atomic E-state index is 9.07. The topological polar surface area (TPSA) is 58.3 Å². The molecule has 0 unspecified atom stereocenters. The van der Waals surface area contributed by atoms with Gasteiger partial charge in [-0.15, -0.1) is 0 Å². The van der Waals surface area contributed by atoms with Crippen LogP contribution in [0.25, 0.3) is 0 Å². The molecule has 60 valence electrons. The maximum absolute atomic E-state index is 9.07. The fourth-order valence-corrected chi connectivity index (χ4v) is 0.918. The molecule has 0 atom stereocenters. The van der Waals surface area contributed by atoms with Crippen molar-refractivity contribution in [2.75, 3.05) is 12.8 Å². The van der Waals surface area contributed by atoms with Crippen molar-refractivity contribution in [1.29, 1.82) is 0 Å². The summed E-state index contributed by atoms with van der Waals surface area (Å²) < 4.78 is 0. The van der Waals surface area contributed by atoms with Gasteiger partial charge in [0.25, 0.3) is 0 Å². The van der Waals surface area contributed by atoms with Crippen molar-refractivity contribution in [3.63, 3.8) is 0 Å². The molecule has 0 heterocycles. The molecular weight excluding hydrogens is 140 g/mol. The number of anilines is 1. The van der Waals surface area contributed by atoms with Gasteiger partial charge in [-0.2, -0.15) is 0 Å². The van der Waals surface area contributed by atoms with E-state index in [0.717, 1.165) is 12.1 Å². The highest BCUT2D eigenvalue weighted by molar-refractivity contribution is 5.53. The Morgan fingerprint density at radius 2 is 2.27 bits per heavy atom. The minimum atomic E-state index is 0.143. The standard InChI is InChI=1S/C8H12N2O/c1-10-5-6-2-3-8(11)7(9)4-6/h2-4,10-11H,5,9H2,1H3. The number of phenolic OH excluding ortho intramolecular Hbond substituents is 1. The van der Waals surface area contributed by atoms with Crippen LogP contribution in [0.15, 0.2) is 18.2 Å². The molecule has 1 rings (SSSR count). The van der Waals surface area contributed by atoms with Crippen molar-refractivity contribution in [3.05, 3.63) is 23.8 Å². The molecule has 1 aromatic carbocycles. The van der Waals surface area contributed by atoms with Gasteiger partial charge in [-0.05, 0) is 24.7 Å². The molecule has 0 saturated heterocycles. The Morgan fingerprint density at radius 1 is 1.55 bits per heavy atom. The average molecular weight is 152 g/mol. The van der Waals surface area contributed by atoms with E-state index in [0.29, 0.717) is 5.69 Å². The quantitative estimate of drug-likeness (QED) is 0.431. The second-order valence-corrected chi connectivity index (χ2v) is 2.42. The van der Waals surface area contributed by atoms with Crippen LogP contribution in [0.1, 0.15) is 5.56 Å². The van der Waals surface area contributed by atoms with Gasteiger partial charge in [0.05, 0.1) is 5.69 Å². The lowest BCUT2D eigenvalue weighted by Crippen LogP contribution is -2.05. The summed E-state index contributed by atoms with van der Waals surface area (Å²) in [6.07, 6.45) is 0. The summed E-state index contributed by atoms with van der Waals surface area (Å²) >= 11 is 0. The van der Waals surface area contributed by atoms with Gasteiger partial charge in [0, 0.05) is 6.54 Å². The molecule has 11 heavy (non-hydrogen) atoms. The zero-order valence-corrected chi connectivity index (χ0v) is 6.46. The van der Waals surface area contributed by atoms with Gasteiger partial charge >= 0.3 is 0 Å². The highest BCUT2D eigenvalue weighted by Crippen LogP contribution is 2.19. The lowest BCUT2D eigenvalue weighted by Gasteiger charge is -2.02. The van der Waals surface area contributed by atoms with Crippen molar-refractivity contribution in [2.45, 2.75) is 6.54 Å². The third kappa shape index (κ3) is 1.85. The largest absolute Gasteiger partial charge is 0.506 e. The minimum Gasteiger partial charge on any atom is -0.506 e. The number of benzene rings is 1. The number of nitrogens with two attached hydrogens (primary N) is 1. The first-order valence-corrected chi connectivity index (χ1v) is 3.46. The Labute approximate surface area is 65.8 Å². The Kier molecular flexibility index (Phi) is 2.33. The second-order valence-electron chi connectivity index (χ2n) is 2.42. The number of nitrogens with one attached hydrogen (secondary N) is 1. The molecule has 3 heteroatoms. The summed E-state index contributed by atoms with van der Waals surface area (Å²) in [7, 11) is 1.86. The monoisotopic (exact) mass is 152 g/mol. The Bertz CT molecular complexity index is 248. The lowest BCUT2D eigenvalue weighted by molar-refractivity contribution is 0.477. The molecular formula is C8H12N2O. The van der Waals surface area contributed by atoms with Crippen molar-refractivity contribution in [3.8, 4) is 5.75 Å². The molecule has 0 amide bonds. The third-order valence-corrected chi connectivity index (χ3v) is 1.47. The highest BCUT2D eigenvalue weighted by atomic mass is 16.3. The molecule has 0 aliphatic rings. The zero-order valence-electron chi connectivity index (χ0n) is 6.46. The summed E-state index contributed by atoms with van der Waals surface area (Å²) in [6.45, 7) is 0.768. The highest BCUT2D eigenvalue weighted by Gasteiger charge is 1.96. The Morgan fingerprint density at radius 3 is 2.82 bits per heavy atom. The van der Waals surface area contributed by atoms with Crippen molar-refractivity contribution >= 4 is 5.69 Å². The third-order valence-electron chi connectivity index (χ3n) is 1.47. The van der Waals surface area contributed by atoms with Crippen molar-refractivity contribution < 1.29 is 5.11 Å². The van der Waals surface area contributed by atoms with Crippen LogP contribution in [-0.4, -0.2) is 12.2 Å². The van der Waals surface area contributed by atoms with E-state index in [9.17, 15) is 0 Å². The van der Waals surface area contributed by atoms with Gasteiger partial charge in [0.1, 0.15) is 5.75 Å². The van der Waals surface area contributed by atoms with Crippen LogP contribution in [0.2, 0.25) is 0 Å². The van der Waals surface area contributed by atoms with Gasteiger partial charge in [-0.3, -0.25) is 0 Å². The number of aromatic hydroxyl groups is 1. The predicted octanol–water partition coefficient (Wildman–Crippen LogP) is 0.694. The maximum Gasteiger partial charge on any atom is 0.138 e. The molecule has 0 aliphatic carbocycles. The fraction of sp³-hybridized carbons (Fsp3) is 0.250. The van der Waals surface area contributed by atoms with Crippen molar-refractivity contribution in [2.24, 2.45) is 0 Å². The van der Waals surface area contributed by atoms with Crippen LogP contribution in [0, 0.1) is 0 Å². The van der Waals surface area contributed by atoms with E-state index >= 15 is 0 Å². The van der Waals surface area contributed by atoms with Gasteiger partial charge in [-0.1, -0.05) is 6.07 Å². The molecule has 0 spiro atoms. The fourth-order valence-electron chi connectivity index (χ4n) is 0.918. The molecule has 1 aromatic rings. The first kappa shape index (κ1) is 7.88. The Hall–Kier alpha value is -1.22. The van der Waals surface area contributed by atoms with Gasteiger partial charge in [-0.25, -0.2) is 0 Å². The van der Waals surface area contributed by atoms with Crippen LogP contribution in [0.5, 0.6) is 5.75 Å². The number of phenols is 1. The van der Waals surface area contributed by atoms with Gasteiger partial charge in [0.15, 0.2) is 0 Å². The molecule has 0 fully saturated rings. The van der Waals surface area contributed by atoms with E-state index in [-0.39, 0.29) is 5.75 Å². The minimum absolute atomic E-state index is 0.143. The van der Waals surface area contributed by atoms with Gasteiger partial charge < -0.3 is 16.2 Å². The SMILES string of the molecule is CNCc1ccc(O)c(N)c1. The first-order valence-electron chi connectivity index (χ1n) is 3.46. The molecule has 0 saturated carbocycles. The van der Waals surface area contributed by atoms with Crippen LogP contribution in [0.4, 0.5) is 5.69 Å². The average Bonchev–Trinajstić information content (AvgIpc) is 1.98.